The molecule has 0 spiro atoms. The van der Waals surface area contributed by atoms with Crippen LogP contribution in [0.25, 0.3) is 0 Å². The first-order chi connectivity index (χ1) is 11.6. The van der Waals surface area contributed by atoms with Gasteiger partial charge >= 0.3 is 0 Å². The topological polar surface area (TPSA) is 56.1 Å². The zero-order chi connectivity index (χ0) is 17.1. The number of nitrogens with one attached hydrogen (secondary N) is 1. The number of aromatic nitrogens is 2. The number of carbonyl (C=O) groups is 1. The second-order valence-electron chi connectivity index (χ2n) is 6.11. The third kappa shape index (κ3) is 3.48. The van der Waals surface area contributed by atoms with E-state index in [4.69, 9.17) is 4.74 Å². The molecule has 1 aromatic carbocycles. The molecule has 0 aliphatic carbocycles. The number of halogens is 1. The van der Waals surface area contributed by atoms with Gasteiger partial charge in [-0.2, -0.15) is 5.10 Å². The van der Waals surface area contributed by atoms with Gasteiger partial charge in [-0.3, -0.25) is 9.48 Å². The van der Waals surface area contributed by atoms with Crippen molar-refractivity contribution < 1.29 is 13.9 Å². The van der Waals surface area contributed by atoms with Crippen molar-refractivity contribution in [1.82, 2.24) is 15.1 Å². The summed E-state index contributed by atoms with van der Waals surface area (Å²) in [5, 5.41) is 7.32. The largest absolute Gasteiger partial charge is 0.371 e. The van der Waals surface area contributed by atoms with Crippen LogP contribution in [0.15, 0.2) is 30.6 Å². The first-order valence-electron chi connectivity index (χ1n) is 8.29. The summed E-state index contributed by atoms with van der Waals surface area (Å²) in [7, 11) is 0. The van der Waals surface area contributed by atoms with Crippen molar-refractivity contribution >= 4 is 5.91 Å². The molecule has 1 aliphatic rings. The van der Waals surface area contributed by atoms with Gasteiger partial charge in [0.1, 0.15) is 11.9 Å². The monoisotopic (exact) mass is 331 g/mol. The Hall–Kier alpha value is -2.21. The Balaban J connectivity index is 1.75. The highest BCUT2D eigenvalue weighted by Crippen LogP contribution is 2.28. The van der Waals surface area contributed by atoms with Crippen molar-refractivity contribution in [3.8, 4) is 0 Å². The number of nitrogens with zero attached hydrogens (tertiary/aromatic N) is 2. The van der Waals surface area contributed by atoms with Crippen LogP contribution in [0.4, 0.5) is 4.39 Å². The van der Waals surface area contributed by atoms with E-state index < -0.39 is 0 Å². The Morgan fingerprint density at radius 1 is 1.50 bits per heavy atom. The molecule has 1 saturated heterocycles. The van der Waals surface area contributed by atoms with E-state index in [1.807, 2.05) is 17.8 Å². The molecule has 1 aromatic heterocycles. The molecule has 1 aliphatic heterocycles. The minimum absolute atomic E-state index is 0.119. The second kappa shape index (κ2) is 7.13. The average molecular weight is 331 g/mol. The fourth-order valence-corrected chi connectivity index (χ4v) is 2.99. The van der Waals surface area contributed by atoms with Crippen molar-refractivity contribution in [3.63, 3.8) is 0 Å². The molecule has 0 bridgehead atoms. The quantitative estimate of drug-likeness (QED) is 0.937. The molecular weight excluding hydrogens is 309 g/mol. The molecule has 0 saturated carbocycles. The van der Waals surface area contributed by atoms with Crippen molar-refractivity contribution in [2.24, 2.45) is 0 Å². The lowest BCUT2D eigenvalue weighted by Crippen LogP contribution is -2.42. The molecular formula is C18H22FN3O2. The number of amides is 1. The number of hydrogen-bond acceptors (Lipinski definition) is 3. The predicted molar refractivity (Wildman–Crippen MR) is 88.2 cm³/mol. The van der Waals surface area contributed by atoms with Gasteiger partial charge in [-0.25, -0.2) is 4.39 Å². The summed E-state index contributed by atoms with van der Waals surface area (Å²) in [6.45, 7) is 5.13. The SMILES string of the molecule is CCn1cc([C@H]2OCCC[C@@H]2NC(=O)c2ccc(F)c(C)c2)cn1. The molecule has 24 heavy (non-hydrogen) atoms. The lowest BCUT2D eigenvalue weighted by Gasteiger charge is -2.31. The Morgan fingerprint density at radius 3 is 3.04 bits per heavy atom. The van der Waals surface area contributed by atoms with Crippen molar-refractivity contribution in [3.05, 3.63) is 53.1 Å². The zero-order valence-corrected chi connectivity index (χ0v) is 14.0. The number of aryl methyl sites for hydroxylation is 2. The Kier molecular flexibility index (Phi) is 4.94. The highest BCUT2D eigenvalue weighted by atomic mass is 19.1. The third-order valence-corrected chi connectivity index (χ3v) is 4.36. The first-order valence-corrected chi connectivity index (χ1v) is 8.29. The molecule has 0 radical (unpaired) electrons. The predicted octanol–water partition coefficient (Wildman–Crippen LogP) is 3.00. The number of ether oxygens (including phenoxy) is 1. The number of benzene rings is 1. The summed E-state index contributed by atoms with van der Waals surface area (Å²) in [4.78, 5) is 12.5. The summed E-state index contributed by atoms with van der Waals surface area (Å²) in [6.07, 6.45) is 5.28. The van der Waals surface area contributed by atoms with Gasteiger partial charge in [0, 0.05) is 30.5 Å². The van der Waals surface area contributed by atoms with E-state index in [1.54, 1.807) is 19.2 Å². The van der Waals surface area contributed by atoms with Gasteiger partial charge < -0.3 is 10.1 Å². The maximum Gasteiger partial charge on any atom is 0.251 e. The van der Waals surface area contributed by atoms with E-state index in [9.17, 15) is 9.18 Å². The fraction of sp³-hybridized carbons (Fsp3) is 0.444. The average Bonchev–Trinajstić information content (AvgIpc) is 3.06. The molecule has 128 valence electrons. The maximum atomic E-state index is 13.4. The van der Waals surface area contributed by atoms with E-state index in [0.717, 1.165) is 24.9 Å². The standard InChI is InChI=1S/C18H22FN3O2/c1-3-22-11-14(10-20-22)17-16(5-4-8-24-17)21-18(23)13-6-7-15(19)12(2)9-13/h6-7,9-11,16-17H,3-5,8H2,1-2H3,(H,21,23)/t16-,17+/m0/s1. The molecule has 5 nitrogen and oxygen atoms in total. The van der Waals surface area contributed by atoms with Crippen molar-refractivity contribution in [2.45, 2.75) is 45.4 Å². The Bertz CT molecular complexity index is 729. The fourth-order valence-electron chi connectivity index (χ4n) is 2.99. The number of rotatable bonds is 4. The van der Waals surface area contributed by atoms with E-state index in [0.29, 0.717) is 17.7 Å². The lowest BCUT2D eigenvalue weighted by atomic mass is 9.97. The van der Waals surface area contributed by atoms with Gasteiger partial charge in [-0.05, 0) is 50.5 Å². The van der Waals surface area contributed by atoms with Crippen LogP contribution in [0.2, 0.25) is 0 Å². The molecule has 1 amide bonds. The van der Waals surface area contributed by atoms with Crippen LogP contribution in [0.1, 0.15) is 47.4 Å². The minimum atomic E-state index is -0.308. The smallest absolute Gasteiger partial charge is 0.251 e. The third-order valence-electron chi connectivity index (χ3n) is 4.36. The van der Waals surface area contributed by atoms with Crippen molar-refractivity contribution in [1.29, 1.82) is 0 Å². The highest BCUT2D eigenvalue weighted by Gasteiger charge is 2.30. The molecule has 1 N–H and O–H groups in total. The Morgan fingerprint density at radius 2 is 2.33 bits per heavy atom. The van der Waals surface area contributed by atoms with E-state index >= 15 is 0 Å². The molecule has 2 atom stereocenters. The van der Waals surface area contributed by atoms with Crippen LogP contribution >= 0.6 is 0 Å². The van der Waals surface area contributed by atoms with E-state index in [2.05, 4.69) is 10.4 Å². The summed E-state index contributed by atoms with van der Waals surface area (Å²) in [5.74, 6) is -0.515. The molecule has 2 aromatic rings. The van der Waals surface area contributed by atoms with Crippen molar-refractivity contribution in [2.75, 3.05) is 6.61 Å². The summed E-state index contributed by atoms with van der Waals surface area (Å²) in [5.41, 5.74) is 1.89. The van der Waals surface area contributed by atoms with Gasteiger partial charge in [0.2, 0.25) is 0 Å². The van der Waals surface area contributed by atoms with Gasteiger partial charge in [0.05, 0.1) is 12.2 Å². The Labute approximate surface area is 140 Å². The number of hydrogen-bond donors (Lipinski definition) is 1. The van der Waals surface area contributed by atoms with Crippen LogP contribution in [0, 0.1) is 12.7 Å². The highest BCUT2D eigenvalue weighted by molar-refractivity contribution is 5.94. The van der Waals surface area contributed by atoms with Crippen LogP contribution in [0.5, 0.6) is 0 Å². The molecule has 6 heteroatoms. The van der Waals surface area contributed by atoms with E-state index in [-0.39, 0.29) is 23.9 Å². The summed E-state index contributed by atoms with van der Waals surface area (Å²) < 4.78 is 21.1. The number of carbonyl (C=O) groups excluding carboxylic acids is 1. The minimum Gasteiger partial charge on any atom is -0.371 e. The summed E-state index contributed by atoms with van der Waals surface area (Å²) in [6, 6.07) is 4.28. The normalized spacial score (nSPS) is 20.8. The zero-order valence-electron chi connectivity index (χ0n) is 14.0. The maximum absolute atomic E-state index is 13.4. The molecule has 1 fully saturated rings. The van der Waals surface area contributed by atoms with Gasteiger partial charge in [-0.1, -0.05) is 0 Å². The molecule has 3 rings (SSSR count). The van der Waals surface area contributed by atoms with Crippen LogP contribution in [-0.4, -0.2) is 28.3 Å². The molecule has 2 heterocycles. The van der Waals surface area contributed by atoms with Gasteiger partial charge in [-0.15, -0.1) is 0 Å². The van der Waals surface area contributed by atoms with Crippen LogP contribution < -0.4 is 5.32 Å². The second-order valence-corrected chi connectivity index (χ2v) is 6.11. The molecule has 0 unspecified atom stereocenters. The lowest BCUT2D eigenvalue weighted by molar-refractivity contribution is -0.00950. The van der Waals surface area contributed by atoms with Crippen LogP contribution in [0.3, 0.4) is 0 Å². The first kappa shape index (κ1) is 16.6. The van der Waals surface area contributed by atoms with E-state index in [1.165, 1.54) is 12.1 Å². The van der Waals surface area contributed by atoms with Gasteiger partial charge in [0.25, 0.3) is 5.91 Å². The van der Waals surface area contributed by atoms with Gasteiger partial charge in [0.15, 0.2) is 0 Å². The van der Waals surface area contributed by atoms with Crippen LogP contribution in [-0.2, 0) is 11.3 Å². The summed E-state index contributed by atoms with van der Waals surface area (Å²) >= 11 is 0.